The van der Waals surface area contributed by atoms with E-state index in [1.165, 1.54) is 0 Å². The van der Waals surface area contributed by atoms with Crippen LogP contribution in [0.3, 0.4) is 0 Å². The Morgan fingerprint density at radius 3 is 0.600 bits per heavy atom. The van der Waals surface area contributed by atoms with Crippen molar-refractivity contribution in [3.8, 4) is 0 Å². The number of halogens is 18. The minimum Gasteiger partial charge on any atom is -0.281 e. The molecular formula is C8H2F18O6S2Zn. The first kappa shape index (κ1) is 38.7. The zero-order valence-electron chi connectivity index (χ0n) is 14.9. The Hall–Kier alpha value is -0.817. The van der Waals surface area contributed by atoms with E-state index in [0.717, 1.165) is 0 Å². The van der Waals surface area contributed by atoms with E-state index in [4.69, 9.17) is 9.11 Å². The Balaban J connectivity index is -0.000000569. The molecule has 0 heterocycles. The third kappa shape index (κ3) is 6.37. The summed E-state index contributed by atoms with van der Waals surface area (Å²) in [5, 5.41) is -14.0. The molecular weight excluding hydrogens is 664 g/mol. The molecule has 35 heavy (non-hydrogen) atoms. The van der Waals surface area contributed by atoms with Gasteiger partial charge in [0, 0.05) is 19.5 Å². The van der Waals surface area contributed by atoms with Gasteiger partial charge in [-0.15, -0.1) is 0 Å². The predicted molar refractivity (Wildman–Crippen MR) is 64.9 cm³/mol. The van der Waals surface area contributed by atoms with E-state index in [1.54, 1.807) is 0 Å². The molecule has 0 saturated heterocycles. The molecule has 0 rings (SSSR count). The Kier molecular flexibility index (Phi) is 10.9. The summed E-state index contributed by atoms with van der Waals surface area (Å²) in [5.74, 6) is -29.4. The SMILES string of the molecule is O=S(=O)(O)C(F)(F)C(F)(F)C(F)(F)C(F)(F)F.O=S(=O)(O)C(F)(F)C(F)(F)C(F)(F)C(F)(F)F.[Zn]. The standard InChI is InChI=1S/2C4HF9O3S.Zn/c2*5-1(6,3(9,10)11)2(7,8)4(12,13)17(14,15)16;/h2*(H,14,15,16);. The van der Waals surface area contributed by atoms with Crippen molar-refractivity contribution in [2.45, 2.75) is 46.6 Å². The zero-order valence-corrected chi connectivity index (χ0v) is 19.5. The van der Waals surface area contributed by atoms with Gasteiger partial charge in [0.25, 0.3) is 0 Å². The van der Waals surface area contributed by atoms with Crippen LogP contribution in [0.4, 0.5) is 79.0 Å². The van der Waals surface area contributed by atoms with E-state index in [-0.39, 0.29) is 19.5 Å². The third-order valence-corrected chi connectivity index (χ3v) is 4.69. The molecule has 0 aliphatic rings. The molecule has 0 aromatic rings. The fraction of sp³-hybridized carbons (Fsp3) is 1.00. The van der Waals surface area contributed by atoms with Gasteiger partial charge in [-0.1, -0.05) is 0 Å². The van der Waals surface area contributed by atoms with Crippen LogP contribution >= 0.6 is 0 Å². The van der Waals surface area contributed by atoms with Gasteiger partial charge in [-0.3, -0.25) is 9.11 Å². The van der Waals surface area contributed by atoms with Crippen LogP contribution in [-0.4, -0.2) is 72.5 Å². The van der Waals surface area contributed by atoms with E-state index < -0.39 is 66.8 Å². The van der Waals surface area contributed by atoms with Crippen LogP contribution in [0.1, 0.15) is 0 Å². The summed E-state index contributed by atoms with van der Waals surface area (Å²) in [5.41, 5.74) is 0. The molecule has 0 unspecified atom stereocenters. The first-order chi connectivity index (χ1) is 14.0. The topological polar surface area (TPSA) is 109 Å². The van der Waals surface area contributed by atoms with Crippen LogP contribution in [-0.2, 0) is 39.7 Å². The summed E-state index contributed by atoms with van der Waals surface area (Å²) in [6.45, 7) is 0. The average Bonchev–Trinajstić information content (AvgIpc) is 2.50. The maximum absolute atomic E-state index is 12.2. The fourth-order valence-corrected chi connectivity index (χ4v) is 1.95. The second-order valence-corrected chi connectivity index (χ2v) is 8.20. The Morgan fingerprint density at radius 1 is 0.371 bits per heavy atom. The molecule has 27 heteroatoms. The van der Waals surface area contributed by atoms with Crippen molar-refractivity contribution in [1.82, 2.24) is 0 Å². The molecule has 6 nitrogen and oxygen atoms in total. The molecule has 210 valence electrons. The fourth-order valence-electron chi connectivity index (χ4n) is 1.05. The third-order valence-electron chi connectivity index (χ3n) is 2.88. The van der Waals surface area contributed by atoms with Crippen molar-refractivity contribution in [3.63, 3.8) is 0 Å². The van der Waals surface area contributed by atoms with Crippen molar-refractivity contribution in [2.75, 3.05) is 0 Å². The van der Waals surface area contributed by atoms with E-state index in [0.29, 0.717) is 0 Å². The maximum Gasteiger partial charge on any atom is 0.460 e. The van der Waals surface area contributed by atoms with Gasteiger partial charge in [-0.25, -0.2) is 0 Å². The van der Waals surface area contributed by atoms with Crippen molar-refractivity contribution in [1.29, 1.82) is 0 Å². The molecule has 0 fully saturated rings. The molecule has 0 saturated carbocycles. The maximum atomic E-state index is 12.2. The van der Waals surface area contributed by atoms with Crippen molar-refractivity contribution < 1.29 is 124 Å². The summed E-state index contributed by atoms with van der Waals surface area (Å²) >= 11 is 0. The van der Waals surface area contributed by atoms with Gasteiger partial charge >= 0.3 is 66.8 Å². The van der Waals surface area contributed by atoms with Crippen molar-refractivity contribution in [2.24, 2.45) is 0 Å². The molecule has 0 aliphatic carbocycles. The number of alkyl halides is 18. The Morgan fingerprint density at radius 2 is 0.514 bits per heavy atom. The minimum absolute atomic E-state index is 0. The van der Waals surface area contributed by atoms with E-state index in [9.17, 15) is 95.9 Å². The van der Waals surface area contributed by atoms with Crippen molar-refractivity contribution in [3.05, 3.63) is 0 Å². The molecule has 0 spiro atoms. The van der Waals surface area contributed by atoms with Gasteiger partial charge in [0.1, 0.15) is 0 Å². The second-order valence-electron chi connectivity index (χ2n) is 5.28. The normalized spacial score (nSPS) is 15.7. The van der Waals surface area contributed by atoms with Crippen LogP contribution < -0.4 is 0 Å². The van der Waals surface area contributed by atoms with Gasteiger partial charge in [0.15, 0.2) is 0 Å². The van der Waals surface area contributed by atoms with E-state index >= 15 is 0 Å². The Bertz CT molecular complexity index is 870. The van der Waals surface area contributed by atoms with Crippen LogP contribution in [0.15, 0.2) is 0 Å². The van der Waals surface area contributed by atoms with Gasteiger partial charge < -0.3 is 0 Å². The molecule has 0 atom stereocenters. The second kappa shape index (κ2) is 9.81. The molecule has 0 aromatic heterocycles. The first-order valence-electron chi connectivity index (χ1n) is 6.34. The summed E-state index contributed by atoms with van der Waals surface area (Å²) in [7, 11) is -14.3. The van der Waals surface area contributed by atoms with Gasteiger partial charge in [0.05, 0.1) is 0 Å². The van der Waals surface area contributed by atoms with Crippen LogP contribution in [0.2, 0.25) is 0 Å². The quantitative estimate of drug-likeness (QED) is 0.244. The van der Waals surface area contributed by atoms with Crippen LogP contribution in [0.5, 0.6) is 0 Å². The summed E-state index contributed by atoms with van der Waals surface area (Å²) < 4.78 is 268. The number of hydrogen-bond donors (Lipinski definition) is 2. The summed E-state index contributed by atoms with van der Waals surface area (Å²) in [6, 6.07) is 0. The van der Waals surface area contributed by atoms with Gasteiger partial charge in [-0.2, -0.15) is 95.9 Å². The van der Waals surface area contributed by atoms with Crippen molar-refractivity contribution >= 4 is 20.2 Å². The van der Waals surface area contributed by atoms with Gasteiger partial charge in [0.2, 0.25) is 0 Å². The Labute approximate surface area is 191 Å². The monoisotopic (exact) mass is 664 g/mol. The van der Waals surface area contributed by atoms with E-state index in [1.807, 2.05) is 0 Å². The van der Waals surface area contributed by atoms with Crippen LogP contribution in [0.25, 0.3) is 0 Å². The molecule has 0 aromatic carbocycles. The zero-order chi connectivity index (χ0) is 29.0. The largest absolute Gasteiger partial charge is 0.460 e. The minimum atomic E-state index is -7.37. The molecule has 2 N–H and O–H groups in total. The predicted octanol–water partition coefficient (Wildman–Crippen LogP) is 4.60. The first-order valence-corrected chi connectivity index (χ1v) is 9.22. The smallest absolute Gasteiger partial charge is 0.281 e. The molecule has 0 aliphatic heterocycles. The van der Waals surface area contributed by atoms with Crippen LogP contribution in [0, 0.1) is 0 Å². The number of hydrogen-bond acceptors (Lipinski definition) is 4. The summed E-state index contributed by atoms with van der Waals surface area (Å²) in [6.07, 6.45) is -14.3. The summed E-state index contributed by atoms with van der Waals surface area (Å²) in [4.78, 5) is 0. The average molecular weight is 666 g/mol. The molecule has 0 bridgehead atoms. The van der Waals surface area contributed by atoms with Gasteiger partial charge in [-0.05, 0) is 0 Å². The molecule has 0 amide bonds. The van der Waals surface area contributed by atoms with E-state index in [2.05, 4.69) is 0 Å². The molecule has 0 radical (unpaired) electrons. The number of rotatable bonds is 6.